The molecular formula is C19H26N4O. The Morgan fingerprint density at radius 1 is 1.25 bits per heavy atom. The Balaban J connectivity index is 1.69. The number of carbonyl (C=O) groups is 1. The van der Waals surface area contributed by atoms with Gasteiger partial charge in [-0.1, -0.05) is 37.3 Å². The van der Waals surface area contributed by atoms with Gasteiger partial charge in [0.1, 0.15) is 6.33 Å². The van der Waals surface area contributed by atoms with Gasteiger partial charge in [0.2, 0.25) is 5.91 Å². The lowest BCUT2D eigenvalue weighted by Gasteiger charge is -2.35. The molecule has 1 aromatic carbocycles. The van der Waals surface area contributed by atoms with Crippen molar-refractivity contribution in [2.45, 2.75) is 58.0 Å². The smallest absolute Gasteiger partial charge is 0.223 e. The molecule has 5 heteroatoms. The molecule has 1 saturated heterocycles. The van der Waals surface area contributed by atoms with E-state index >= 15 is 0 Å². The maximum atomic E-state index is 12.8. The Morgan fingerprint density at radius 3 is 2.88 bits per heavy atom. The molecule has 3 rings (SSSR count). The number of carbonyl (C=O) groups excluding carboxylic acids is 1. The zero-order valence-electron chi connectivity index (χ0n) is 14.4. The molecule has 1 aromatic heterocycles. The van der Waals surface area contributed by atoms with Crippen LogP contribution in [-0.4, -0.2) is 32.1 Å². The van der Waals surface area contributed by atoms with E-state index in [1.54, 1.807) is 6.33 Å². The van der Waals surface area contributed by atoms with Crippen LogP contribution in [0.25, 0.3) is 0 Å². The zero-order valence-corrected chi connectivity index (χ0v) is 14.4. The Morgan fingerprint density at radius 2 is 2.08 bits per heavy atom. The molecule has 0 N–H and O–H groups in total. The minimum atomic E-state index is 0.0797. The Labute approximate surface area is 143 Å². The summed E-state index contributed by atoms with van der Waals surface area (Å²) >= 11 is 0. The monoisotopic (exact) mass is 326 g/mol. The van der Waals surface area contributed by atoms with Crippen LogP contribution in [0.4, 0.5) is 0 Å². The highest BCUT2D eigenvalue weighted by Crippen LogP contribution is 2.30. The van der Waals surface area contributed by atoms with Gasteiger partial charge in [-0.2, -0.15) is 0 Å². The van der Waals surface area contributed by atoms with Crippen molar-refractivity contribution in [1.82, 2.24) is 19.7 Å². The molecule has 0 saturated carbocycles. The number of piperidine rings is 1. The van der Waals surface area contributed by atoms with Crippen molar-refractivity contribution in [3.05, 3.63) is 48.0 Å². The lowest BCUT2D eigenvalue weighted by Crippen LogP contribution is -2.39. The zero-order chi connectivity index (χ0) is 16.8. The molecule has 1 aliphatic heterocycles. The quantitative estimate of drug-likeness (QED) is 0.818. The summed E-state index contributed by atoms with van der Waals surface area (Å²) in [6.07, 6.45) is 7.40. The van der Waals surface area contributed by atoms with E-state index in [0.29, 0.717) is 6.42 Å². The molecule has 1 fully saturated rings. The maximum absolute atomic E-state index is 12.8. The maximum Gasteiger partial charge on any atom is 0.223 e. The summed E-state index contributed by atoms with van der Waals surface area (Å²) in [5.74, 6) is 1.18. The topological polar surface area (TPSA) is 51.0 Å². The normalized spacial score (nSPS) is 17.9. The number of benzene rings is 1. The second kappa shape index (κ2) is 8.08. The lowest BCUT2D eigenvalue weighted by atomic mass is 10.00. The van der Waals surface area contributed by atoms with Gasteiger partial charge in [0.15, 0.2) is 5.82 Å². The molecule has 0 bridgehead atoms. The summed E-state index contributed by atoms with van der Waals surface area (Å²) < 4.78 is 2.10. The Kier molecular flexibility index (Phi) is 5.62. The molecule has 2 heterocycles. The number of hydrogen-bond donors (Lipinski definition) is 0. The van der Waals surface area contributed by atoms with Gasteiger partial charge in [0.25, 0.3) is 0 Å². The van der Waals surface area contributed by atoms with Crippen molar-refractivity contribution in [1.29, 1.82) is 0 Å². The van der Waals surface area contributed by atoms with E-state index in [-0.39, 0.29) is 11.9 Å². The molecule has 1 amide bonds. The summed E-state index contributed by atoms with van der Waals surface area (Å²) in [4.78, 5) is 14.8. The summed E-state index contributed by atoms with van der Waals surface area (Å²) in [5.41, 5.74) is 1.22. The molecule has 1 unspecified atom stereocenters. The lowest BCUT2D eigenvalue weighted by molar-refractivity contribution is -0.135. The van der Waals surface area contributed by atoms with E-state index in [9.17, 15) is 4.79 Å². The number of likely N-dealkylation sites (tertiary alicyclic amines) is 1. The van der Waals surface area contributed by atoms with Gasteiger partial charge in [-0.05, 0) is 37.7 Å². The molecule has 1 aliphatic rings. The highest BCUT2D eigenvalue weighted by atomic mass is 16.2. The van der Waals surface area contributed by atoms with Crippen molar-refractivity contribution in [3.63, 3.8) is 0 Å². The van der Waals surface area contributed by atoms with E-state index in [4.69, 9.17) is 0 Å². The van der Waals surface area contributed by atoms with Gasteiger partial charge >= 0.3 is 0 Å². The van der Waals surface area contributed by atoms with Crippen LogP contribution in [0.5, 0.6) is 0 Å². The van der Waals surface area contributed by atoms with Gasteiger partial charge in [-0.3, -0.25) is 4.79 Å². The number of aryl methyl sites for hydroxylation is 2. The number of aromatic nitrogens is 3. The van der Waals surface area contributed by atoms with Crippen molar-refractivity contribution in [2.75, 3.05) is 6.54 Å². The Bertz CT molecular complexity index is 652. The molecule has 0 aliphatic carbocycles. The molecular weight excluding hydrogens is 300 g/mol. The van der Waals surface area contributed by atoms with E-state index < -0.39 is 0 Å². The summed E-state index contributed by atoms with van der Waals surface area (Å²) in [6.45, 7) is 3.88. The van der Waals surface area contributed by atoms with E-state index in [1.165, 1.54) is 5.56 Å². The van der Waals surface area contributed by atoms with Crippen LogP contribution in [0.2, 0.25) is 0 Å². The fourth-order valence-corrected chi connectivity index (χ4v) is 3.47. The predicted molar refractivity (Wildman–Crippen MR) is 93.4 cm³/mol. The van der Waals surface area contributed by atoms with Crippen molar-refractivity contribution < 1.29 is 4.79 Å². The third-order valence-corrected chi connectivity index (χ3v) is 4.70. The third-order valence-electron chi connectivity index (χ3n) is 4.70. The number of hydrogen-bond acceptors (Lipinski definition) is 3. The van der Waals surface area contributed by atoms with Gasteiger partial charge in [-0.15, -0.1) is 10.2 Å². The van der Waals surface area contributed by atoms with Crippen molar-refractivity contribution >= 4 is 5.91 Å². The van der Waals surface area contributed by atoms with Crippen molar-refractivity contribution in [3.8, 4) is 0 Å². The second-order valence-electron chi connectivity index (χ2n) is 6.47. The van der Waals surface area contributed by atoms with Crippen LogP contribution >= 0.6 is 0 Å². The summed E-state index contributed by atoms with van der Waals surface area (Å²) in [6, 6.07) is 10.3. The van der Waals surface area contributed by atoms with E-state index in [0.717, 1.165) is 51.0 Å². The molecule has 0 spiro atoms. The molecule has 5 nitrogen and oxygen atoms in total. The molecule has 24 heavy (non-hydrogen) atoms. The van der Waals surface area contributed by atoms with Gasteiger partial charge < -0.3 is 9.47 Å². The highest BCUT2D eigenvalue weighted by molar-refractivity contribution is 5.77. The molecule has 0 radical (unpaired) electrons. The van der Waals surface area contributed by atoms with E-state index in [2.05, 4.69) is 33.8 Å². The molecule has 1 atom stereocenters. The van der Waals surface area contributed by atoms with E-state index in [1.807, 2.05) is 23.1 Å². The average Bonchev–Trinajstić information content (AvgIpc) is 3.09. The minimum absolute atomic E-state index is 0.0797. The molecule has 128 valence electrons. The largest absolute Gasteiger partial charge is 0.332 e. The summed E-state index contributed by atoms with van der Waals surface area (Å²) in [5, 5.41) is 8.41. The SMILES string of the molecule is CCCn1cnnc1C1CCCCN1C(=O)CCc1ccccc1. The minimum Gasteiger partial charge on any atom is -0.332 e. The van der Waals surface area contributed by atoms with Crippen LogP contribution in [0.3, 0.4) is 0 Å². The van der Waals surface area contributed by atoms with Gasteiger partial charge in [-0.25, -0.2) is 0 Å². The number of rotatable bonds is 6. The van der Waals surface area contributed by atoms with Crippen molar-refractivity contribution in [2.24, 2.45) is 0 Å². The van der Waals surface area contributed by atoms with Gasteiger partial charge in [0, 0.05) is 19.5 Å². The van der Waals surface area contributed by atoms with Crippen LogP contribution in [-0.2, 0) is 17.8 Å². The fraction of sp³-hybridized carbons (Fsp3) is 0.526. The van der Waals surface area contributed by atoms with Crippen LogP contribution in [0, 0.1) is 0 Å². The van der Waals surface area contributed by atoms with Crippen LogP contribution < -0.4 is 0 Å². The number of amides is 1. The first-order valence-corrected chi connectivity index (χ1v) is 9.00. The first-order valence-electron chi connectivity index (χ1n) is 9.00. The first-order chi connectivity index (χ1) is 11.8. The predicted octanol–water partition coefficient (Wildman–Crippen LogP) is 3.37. The average molecular weight is 326 g/mol. The highest BCUT2D eigenvalue weighted by Gasteiger charge is 2.30. The standard InChI is InChI=1S/C19H26N4O/c1-2-13-22-15-20-21-19(22)17-10-6-7-14-23(17)18(24)12-11-16-8-4-3-5-9-16/h3-5,8-9,15,17H,2,6-7,10-14H2,1H3. The second-order valence-corrected chi connectivity index (χ2v) is 6.47. The summed E-state index contributed by atoms with van der Waals surface area (Å²) in [7, 11) is 0. The first kappa shape index (κ1) is 16.7. The van der Waals surface area contributed by atoms with Gasteiger partial charge in [0.05, 0.1) is 6.04 Å². The molecule has 2 aromatic rings. The number of nitrogens with zero attached hydrogens (tertiary/aromatic N) is 4. The fourth-order valence-electron chi connectivity index (χ4n) is 3.47. The van der Waals surface area contributed by atoms with Crippen LogP contribution in [0.1, 0.15) is 56.5 Å². The Hall–Kier alpha value is -2.17. The third kappa shape index (κ3) is 3.83. The van der Waals surface area contributed by atoms with Crippen LogP contribution in [0.15, 0.2) is 36.7 Å².